The van der Waals surface area contributed by atoms with Gasteiger partial charge in [0.2, 0.25) is 0 Å². The minimum Gasteiger partial charge on any atom is -0.399 e. The molecule has 4 heteroatoms. The predicted molar refractivity (Wildman–Crippen MR) is 87.5 cm³/mol. The molecule has 1 aliphatic carbocycles. The summed E-state index contributed by atoms with van der Waals surface area (Å²) in [5, 5.41) is 4.57. The van der Waals surface area contributed by atoms with Crippen LogP contribution in [0.3, 0.4) is 0 Å². The monoisotopic (exact) mass is 285 g/mol. The highest BCUT2D eigenvalue weighted by Crippen LogP contribution is 2.28. The summed E-state index contributed by atoms with van der Waals surface area (Å²) in [4.78, 5) is 4.54. The first kappa shape index (κ1) is 14.1. The molecule has 3 N–H and O–H groups in total. The summed E-state index contributed by atoms with van der Waals surface area (Å²) in [6.45, 7) is 4.68. The fourth-order valence-corrected chi connectivity index (χ4v) is 2.45. The van der Waals surface area contributed by atoms with E-state index in [2.05, 4.69) is 16.4 Å². The second-order valence-electron chi connectivity index (χ2n) is 5.89. The number of fused-ring (bicyclic) bond motifs is 1. The molecule has 3 rings (SSSR count). The van der Waals surface area contributed by atoms with E-state index in [4.69, 9.17) is 10.5 Å². The van der Waals surface area contributed by atoms with Crippen molar-refractivity contribution in [2.24, 2.45) is 5.92 Å². The maximum absolute atomic E-state index is 5.88. The van der Waals surface area contributed by atoms with Crippen LogP contribution in [0.2, 0.25) is 0 Å². The van der Waals surface area contributed by atoms with Crippen LogP contribution in [0, 0.1) is 12.8 Å². The molecule has 112 valence electrons. The molecule has 1 saturated carbocycles. The number of nitrogens with one attached hydrogen (secondary N) is 1. The van der Waals surface area contributed by atoms with Crippen molar-refractivity contribution in [1.82, 2.24) is 4.98 Å². The lowest BCUT2D eigenvalue weighted by Gasteiger charge is -2.11. The lowest BCUT2D eigenvalue weighted by molar-refractivity contribution is 0.124. The van der Waals surface area contributed by atoms with Crippen molar-refractivity contribution in [3.8, 4) is 0 Å². The Balaban J connectivity index is 1.58. The van der Waals surface area contributed by atoms with E-state index in [9.17, 15) is 0 Å². The SMILES string of the molecule is Cc1cc(NCCCOCC2CC2)c2cc(N)ccc2n1. The van der Waals surface area contributed by atoms with Crippen molar-refractivity contribution in [1.29, 1.82) is 0 Å². The fraction of sp³-hybridized carbons (Fsp3) is 0.471. The minimum atomic E-state index is 0.768. The molecule has 0 unspecified atom stereocenters. The average molecular weight is 285 g/mol. The zero-order valence-corrected chi connectivity index (χ0v) is 12.6. The molecule has 0 amide bonds. The van der Waals surface area contributed by atoms with E-state index in [0.29, 0.717) is 0 Å². The quantitative estimate of drug-likeness (QED) is 0.605. The average Bonchev–Trinajstić information content (AvgIpc) is 3.27. The molecule has 0 saturated heterocycles. The number of aryl methyl sites for hydroxylation is 1. The van der Waals surface area contributed by atoms with Gasteiger partial charge >= 0.3 is 0 Å². The number of pyridine rings is 1. The molecule has 21 heavy (non-hydrogen) atoms. The van der Waals surface area contributed by atoms with Gasteiger partial charge in [0.15, 0.2) is 0 Å². The molecule has 4 nitrogen and oxygen atoms in total. The number of hydrogen-bond donors (Lipinski definition) is 2. The Kier molecular flexibility index (Phi) is 4.25. The largest absolute Gasteiger partial charge is 0.399 e. The standard InChI is InChI=1S/C17H23N3O/c1-12-9-17(15-10-14(18)5-6-16(15)20-12)19-7-2-8-21-11-13-3-4-13/h5-6,9-10,13H,2-4,7-8,11,18H2,1H3,(H,19,20). The summed E-state index contributed by atoms with van der Waals surface area (Å²) in [5.74, 6) is 0.840. The van der Waals surface area contributed by atoms with Crippen LogP contribution in [0.25, 0.3) is 10.9 Å². The Morgan fingerprint density at radius 3 is 3.00 bits per heavy atom. The van der Waals surface area contributed by atoms with Gasteiger partial charge in [-0.1, -0.05) is 0 Å². The molecule has 1 fully saturated rings. The molecule has 1 aliphatic rings. The van der Waals surface area contributed by atoms with E-state index in [1.165, 1.54) is 12.8 Å². The number of nitrogens with zero attached hydrogens (tertiary/aromatic N) is 1. The van der Waals surface area contributed by atoms with Crippen molar-refractivity contribution in [3.63, 3.8) is 0 Å². The highest BCUT2D eigenvalue weighted by atomic mass is 16.5. The third-order valence-electron chi connectivity index (χ3n) is 3.79. The minimum absolute atomic E-state index is 0.768. The topological polar surface area (TPSA) is 60.2 Å². The summed E-state index contributed by atoms with van der Waals surface area (Å²) in [6, 6.07) is 7.92. The summed E-state index contributed by atoms with van der Waals surface area (Å²) >= 11 is 0. The molecular weight excluding hydrogens is 262 g/mol. The van der Waals surface area contributed by atoms with Gasteiger partial charge in [0, 0.05) is 42.2 Å². The van der Waals surface area contributed by atoms with Crippen LogP contribution >= 0.6 is 0 Å². The van der Waals surface area contributed by atoms with Crippen LogP contribution in [0.4, 0.5) is 11.4 Å². The molecular formula is C17H23N3O. The van der Waals surface area contributed by atoms with Crippen LogP contribution in [0.5, 0.6) is 0 Å². The van der Waals surface area contributed by atoms with Gasteiger partial charge in [-0.3, -0.25) is 4.98 Å². The van der Waals surface area contributed by atoms with Gasteiger partial charge < -0.3 is 15.8 Å². The first-order valence-electron chi connectivity index (χ1n) is 7.71. The van der Waals surface area contributed by atoms with Gasteiger partial charge in [-0.15, -0.1) is 0 Å². The number of aromatic nitrogens is 1. The molecule has 0 aliphatic heterocycles. The molecule has 0 radical (unpaired) electrons. The predicted octanol–water partition coefficient (Wildman–Crippen LogP) is 3.35. The van der Waals surface area contributed by atoms with Gasteiger partial charge in [-0.2, -0.15) is 0 Å². The Morgan fingerprint density at radius 2 is 2.19 bits per heavy atom. The van der Waals surface area contributed by atoms with Crippen molar-refractivity contribution in [2.45, 2.75) is 26.2 Å². The first-order chi connectivity index (χ1) is 10.2. The highest BCUT2D eigenvalue weighted by Gasteiger charge is 2.20. The molecule has 2 aromatic rings. The highest BCUT2D eigenvalue weighted by molar-refractivity contribution is 5.93. The summed E-state index contributed by atoms with van der Waals surface area (Å²) in [6.07, 6.45) is 3.71. The van der Waals surface area contributed by atoms with Crippen LogP contribution in [-0.4, -0.2) is 24.7 Å². The van der Waals surface area contributed by atoms with E-state index >= 15 is 0 Å². The number of ether oxygens (including phenoxy) is 1. The van der Waals surface area contributed by atoms with E-state index in [0.717, 1.165) is 60.1 Å². The molecule has 0 spiro atoms. The maximum Gasteiger partial charge on any atom is 0.0727 e. The van der Waals surface area contributed by atoms with Crippen molar-refractivity contribution in [2.75, 3.05) is 30.8 Å². The van der Waals surface area contributed by atoms with Gasteiger partial charge in [-0.05, 0) is 56.4 Å². The van der Waals surface area contributed by atoms with Gasteiger partial charge in [0.25, 0.3) is 0 Å². The Hall–Kier alpha value is -1.81. The number of hydrogen-bond acceptors (Lipinski definition) is 4. The Labute approximate surface area is 125 Å². The number of nitrogens with two attached hydrogens (primary N) is 1. The van der Waals surface area contributed by atoms with Crippen LogP contribution in [0.1, 0.15) is 25.0 Å². The Bertz CT molecular complexity index is 623. The van der Waals surface area contributed by atoms with E-state index in [-0.39, 0.29) is 0 Å². The molecule has 0 bridgehead atoms. The lowest BCUT2D eigenvalue weighted by Crippen LogP contribution is -2.07. The third-order valence-corrected chi connectivity index (χ3v) is 3.79. The van der Waals surface area contributed by atoms with E-state index < -0.39 is 0 Å². The first-order valence-corrected chi connectivity index (χ1v) is 7.71. The number of benzene rings is 1. The molecule has 0 atom stereocenters. The zero-order valence-electron chi connectivity index (χ0n) is 12.6. The van der Waals surface area contributed by atoms with E-state index in [1.807, 2.05) is 25.1 Å². The number of rotatable bonds is 7. The van der Waals surface area contributed by atoms with Crippen LogP contribution in [-0.2, 0) is 4.74 Å². The fourth-order valence-electron chi connectivity index (χ4n) is 2.45. The van der Waals surface area contributed by atoms with Crippen molar-refractivity contribution < 1.29 is 4.74 Å². The second kappa shape index (κ2) is 6.31. The van der Waals surface area contributed by atoms with E-state index in [1.54, 1.807) is 0 Å². The second-order valence-corrected chi connectivity index (χ2v) is 5.89. The molecule has 1 heterocycles. The van der Waals surface area contributed by atoms with Crippen molar-refractivity contribution in [3.05, 3.63) is 30.0 Å². The summed E-state index contributed by atoms with van der Waals surface area (Å²) in [5.41, 5.74) is 9.75. The summed E-state index contributed by atoms with van der Waals surface area (Å²) < 4.78 is 5.65. The van der Waals surface area contributed by atoms with Crippen LogP contribution in [0.15, 0.2) is 24.3 Å². The lowest BCUT2D eigenvalue weighted by atomic mass is 10.1. The molecule has 1 aromatic heterocycles. The van der Waals surface area contributed by atoms with Crippen molar-refractivity contribution >= 4 is 22.3 Å². The number of nitrogen functional groups attached to an aromatic ring is 1. The zero-order chi connectivity index (χ0) is 14.7. The van der Waals surface area contributed by atoms with Gasteiger partial charge in [0.1, 0.15) is 0 Å². The number of anilines is 2. The molecule has 1 aromatic carbocycles. The summed E-state index contributed by atoms with van der Waals surface area (Å²) in [7, 11) is 0. The Morgan fingerprint density at radius 1 is 1.33 bits per heavy atom. The van der Waals surface area contributed by atoms with Gasteiger partial charge in [0.05, 0.1) is 5.52 Å². The van der Waals surface area contributed by atoms with Crippen LogP contribution < -0.4 is 11.1 Å². The third kappa shape index (κ3) is 3.85. The smallest absolute Gasteiger partial charge is 0.0727 e. The maximum atomic E-state index is 5.88. The normalized spacial score (nSPS) is 14.5. The van der Waals surface area contributed by atoms with Gasteiger partial charge in [-0.25, -0.2) is 0 Å².